The van der Waals surface area contributed by atoms with Gasteiger partial charge in [0.1, 0.15) is 31.0 Å². The summed E-state index contributed by atoms with van der Waals surface area (Å²) >= 11 is 0. The van der Waals surface area contributed by atoms with Gasteiger partial charge >= 0.3 is 5.63 Å². The number of hydrogen-bond acceptors (Lipinski definition) is 5. The second-order valence-electron chi connectivity index (χ2n) is 6.21. The molecule has 3 heterocycles. The molecule has 0 bridgehead atoms. The molecular formula is C20H18NO5+. The fourth-order valence-electron chi connectivity index (χ4n) is 3.14. The quantitative estimate of drug-likeness (QED) is 0.521. The van der Waals surface area contributed by atoms with Crippen molar-refractivity contribution in [2.45, 2.75) is 19.6 Å². The Hall–Kier alpha value is -3.25. The first kappa shape index (κ1) is 16.2. The van der Waals surface area contributed by atoms with E-state index in [9.17, 15) is 9.90 Å². The van der Waals surface area contributed by atoms with Crippen molar-refractivity contribution in [1.82, 2.24) is 0 Å². The molecule has 0 fully saturated rings. The number of nitrogens with one attached hydrogen (secondary N) is 1. The summed E-state index contributed by atoms with van der Waals surface area (Å²) < 4.78 is 16.2. The van der Waals surface area contributed by atoms with E-state index in [1.807, 2.05) is 24.3 Å². The van der Waals surface area contributed by atoms with Crippen molar-refractivity contribution in [2.75, 3.05) is 0 Å². The lowest BCUT2D eigenvalue weighted by Gasteiger charge is -2.18. The molecule has 0 spiro atoms. The fraction of sp³-hybridized carbons (Fsp3) is 0.150. The molecule has 0 unspecified atom stereocenters. The lowest BCUT2D eigenvalue weighted by molar-refractivity contribution is -0.942. The third kappa shape index (κ3) is 3.55. The molecule has 1 aromatic carbocycles. The van der Waals surface area contributed by atoms with Gasteiger partial charge in [0.15, 0.2) is 11.5 Å². The van der Waals surface area contributed by atoms with Gasteiger partial charge in [-0.25, -0.2) is 4.79 Å². The molecule has 4 rings (SSSR count). The molecular weight excluding hydrogens is 334 g/mol. The predicted octanol–water partition coefficient (Wildman–Crippen LogP) is 2.47. The first-order valence-electron chi connectivity index (χ1n) is 8.31. The Morgan fingerprint density at radius 1 is 0.885 bits per heavy atom. The van der Waals surface area contributed by atoms with E-state index in [0.717, 1.165) is 27.4 Å². The number of phenols is 1. The fourth-order valence-corrected chi connectivity index (χ4v) is 3.14. The van der Waals surface area contributed by atoms with Crippen LogP contribution in [0.1, 0.15) is 17.1 Å². The molecule has 132 valence electrons. The number of benzene rings is 1. The Morgan fingerprint density at radius 2 is 1.58 bits per heavy atom. The minimum Gasteiger partial charge on any atom is -0.508 e. The average molecular weight is 352 g/mol. The molecule has 3 aromatic heterocycles. The van der Waals surface area contributed by atoms with E-state index in [1.54, 1.807) is 24.7 Å². The largest absolute Gasteiger partial charge is 0.508 e. The van der Waals surface area contributed by atoms with E-state index in [1.165, 1.54) is 12.1 Å². The smallest absolute Gasteiger partial charge is 0.336 e. The maximum atomic E-state index is 11.9. The molecule has 4 aromatic rings. The van der Waals surface area contributed by atoms with Crippen molar-refractivity contribution in [3.8, 4) is 5.75 Å². The van der Waals surface area contributed by atoms with E-state index < -0.39 is 5.63 Å². The number of quaternary nitrogens is 1. The summed E-state index contributed by atoms with van der Waals surface area (Å²) in [5.41, 5.74) is 0.792. The van der Waals surface area contributed by atoms with Crippen LogP contribution in [0.5, 0.6) is 5.75 Å². The summed E-state index contributed by atoms with van der Waals surface area (Å²) in [6, 6.07) is 13.9. The summed E-state index contributed by atoms with van der Waals surface area (Å²) in [6.07, 6.45) is 3.30. The maximum Gasteiger partial charge on any atom is 0.336 e. The molecule has 0 aliphatic heterocycles. The summed E-state index contributed by atoms with van der Waals surface area (Å²) in [7, 11) is 0. The second-order valence-corrected chi connectivity index (χ2v) is 6.21. The van der Waals surface area contributed by atoms with Crippen LogP contribution in [0.4, 0.5) is 0 Å². The monoisotopic (exact) mass is 352 g/mol. The third-order valence-corrected chi connectivity index (χ3v) is 4.26. The minimum absolute atomic E-state index is 0.0631. The third-order valence-electron chi connectivity index (χ3n) is 4.26. The van der Waals surface area contributed by atoms with Gasteiger partial charge in [0.05, 0.1) is 12.5 Å². The van der Waals surface area contributed by atoms with Crippen LogP contribution in [0.25, 0.3) is 11.0 Å². The zero-order valence-corrected chi connectivity index (χ0v) is 14.0. The van der Waals surface area contributed by atoms with Crippen molar-refractivity contribution in [2.24, 2.45) is 0 Å². The number of phenolic OH excluding ortho intramolecular Hbond substituents is 1. The van der Waals surface area contributed by atoms with Crippen LogP contribution >= 0.6 is 0 Å². The van der Waals surface area contributed by atoms with Gasteiger partial charge in [-0.2, -0.15) is 0 Å². The summed E-state index contributed by atoms with van der Waals surface area (Å²) in [6.45, 7) is 1.87. The highest BCUT2D eigenvalue weighted by molar-refractivity contribution is 5.81. The van der Waals surface area contributed by atoms with Gasteiger partial charge in [0, 0.05) is 23.1 Å². The number of fused-ring (bicyclic) bond motifs is 1. The van der Waals surface area contributed by atoms with Gasteiger partial charge in [0.2, 0.25) is 0 Å². The van der Waals surface area contributed by atoms with Gasteiger partial charge in [0.25, 0.3) is 0 Å². The van der Waals surface area contributed by atoms with Gasteiger partial charge in [-0.05, 0) is 36.4 Å². The van der Waals surface area contributed by atoms with Crippen molar-refractivity contribution in [3.63, 3.8) is 0 Å². The average Bonchev–Trinajstić information content (AvgIpc) is 3.28. The Bertz CT molecular complexity index is 1010. The molecule has 6 nitrogen and oxygen atoms in total. The van der Waals surface area contributed by atoms with E-state index >= 15 is 0 Å². The first-order chi connectivity index (χ1) is 12.7. The molecule has 26 heavy (non-hydrogen) atoms. The van der Waals surface area contributed by atoms with Crippen LogP contribution in [0.15, 0.2) is 79.1 Å². The maximum absolute atomic E-state index is 11.9. The lowest BCUT2D eigenvalue weighted by atomic mass is 10.1. The molecule has 0 saturated heterocycles. The van der Waals surface area contributed by atoms with E-state index in [4.69, 9.17) is 13.3 Å². The van der Waals surface area contributed by atoms with Crippen LogP contribution in [0.3, 0.4) is 0 Å². The van der Waals surface area contributed by atoms with Crippen LogP contribution in [0, 0.1) is 0 Å². The lowest BCUT2D eigenvalue weighted by Crippen LogP contribution is -3.08. The molecule has 6 heteroatoms. The molecule has 2 N–H and O–H groups in total. The van der Waals surface area contributed by atoms with E-state index in [-0.39, 0.29) is 5.75 Å². The molecule has 0 atom stereocenters. The van der Waals surface area contributed by atoms with Crippen molar-refractivity contribution in [3.05, 3.63) is 88.6 Å². The van der Waals surface area contributed by atoms with Gasteiger partial charge in [-0.1, -0.05) is 0 Å². The Balaban J connectivity index is 1.68. The van der Waals surface area contributed by atoms with Crippen LogP contribution in [-0.2, 0) is 19.6 Å². The predicted molar refractivity (Wildman–Crippen MR) is 93.6 cm³/mol. The highest BCUT2D eigenvalue weighted by Crippen LogP contribution is 2.21. The van der Waals surface area contributed by atoms with Crippen molar-refractivity contribution in [1.29, 1.82) is 0 Å². The van der Waals surface area contributed by atoms with E-state index in [2.05, 4.69) is 0 Å². The number of furan rings is 2. The summed E-state index contributed by atoms with van der Waals surface area (Å²) in [5, 5.41) is 10.4. The molecule has 0 amide bonds. The molecule has 0 aliphatic carbocycles. The van der Waals surface area contributed by atoms with Gasteiger partial charge in [-0.15, -0.1) is 0 Å². The standard InChI is InChI=1S/C20H17NO5/c22-15-5-6-18-14(9-20(23)26-19(18)10-15)11-21(12-16-3-1-7-24-16)13-17-4-2-8-25-17/h1-10,22H,11-13H2/p+1. The summed E-state index contributed by atoms with van der Waals surface area (Å²) in [4.78, 5) is 13.1. The number of aromatic hydroxyl groups is 1. The number of rotatable bonds is 6. The van der Waals surface area contributed by atoms with Crippen LogP contribution < -0.4 is 10.5 Å². The molecule has 0 saturated carbocycles. The zero-order chi connectivity index (χ0) is 17.9. The second kappa shape index (κ2) is 6.93. The van der Waals surface area contributed by atoms with Crippen molar-refractivity contribution >= 4 is 11.0 Å². The van der Waals surface area contributed by atoms with Gasteiger partial charge in [-0.3, -0.25) is 0 Å². The number of hydrogen-bond donors (Lipinski definition) is 2. The molecule has 0 radical (unpaired) electrons. The van der Waals surface area contributed by atoms with Crippen LogP contribution in [0.2, 0.25) is 0 Å². The van der Waals surface area contributed by atoms with Crippen molar-refractivity contribution < 1.29 is 23.3 Å². The highest BCUT2D eigenvalue weighted by Gasteiger charge is 2.18. The topological polar surface area (TPSA) is 81.2 Å². The minimum atomic E-state index is -0.437. The highest BCUT2D eigenvalue weighted by atomic mass is 16.4. The van der Waals surface area contributed by atoms with Crippen LogP contribution in [-0.4, -0.2) is 5.11 Å². The van der Waals surface area contributed by atoms with E-state index in [0.29, 0.717) is 25.2 Å². The Morgan fingerprint density at radius 3 is 2.19 bits per heavy atom. The summed E-state index contributed by atoms with van der Waals surface area (Å²) in [5.74, 6) is 1.78. The molecule has 0 aliphatic rings. The first-order valence-corrected chi connectivity index (χ1v) is 8.31. The van der Waals surface area contributed by atoms with Gasteiger partial charge < -0.3 is 23.3 Å². The zero-order valence-electron chi connectivity index (χ0n) is 14.0. The normalized spacial score (nSPS) is 11.4. The Kier molecular flexibility index (Phi) is 4.33. The Labute approximate surface area is 148 Å². The SMILES string of the molecule is O=c1cc(C[NH+](Cc2ccco2)Cc2ccco2)c2ccc(O)cc2o1.